The number of thiocarbonyl (C=S) groups is 1. The van der Waals surface area contributed by atoms with Gasteiger partial charge in [-0.1, -0.05) is 49.7 Å². The van der Waals surface area contributed by atoms with Crippen molar-refractivity contribution >= 4 is 28.8 Å². The van der Waals surface area contributed by atoms with Gasteiger partial charge in [-0.15, -0.1) is 0 Å². The van der Waals surface area contributed by atoms with E-state index in [1.807, 2.05) is 37.3 Å². The first-order chi connectivity index (χ1) is 11.6. The molecule has 1 aromatic rings. The average Bonchev–Trinajstić information content (AvgIpc) is 2.56. The Labute approximate surface area is 147 Å². The fourth-order valence-corrected chi connectivity index (χ4v) is 4.53. The second-order valence-corrected chi connectivity index (χ2v) is 7.03. The van der Waals surface area contributed by atoms with E-state index in [1.54, 1.807) is 0 Å². The zero-order valence-corrected chi connectivity index (χ0v) is 14.6. The Bertz CT molecular complexity index is 727. The molecule has 0 radical (unpaired) electrons. The van der Waals surface area contributed by atoms with Crippen molar-refractivity contribution < 1.29 is 4.79 Å². The molecule has 3 rings (SSSR count). The summed E-state index contributed by atoms with van der Waals surface area (Å²) in [5.41, 5.74) is 1.78. The van der Waals surface area contributed by atoms with Crippen LogP contribution in [0.4, 0.5) is 5.69 Å². The smallest absolute Gasteiger partial charge is 0.253 e. The third-order valence-electron chi connectivity index (χ3n) is 5.13. The van der Waals surface area contributed by atoms with Gasteiger partial charge in [0, 0.05) is 22.4 Å². The van der Waals surface area contributed by atoms with Crippen LogP contribution in [0.15, 0.2) is 41.6 Å². The van der Waals surface area contributed by atoms with Gasteiger partial charge < -0.3 is 10.6 Å². The van der Waals surface area contributed by atoms with Crippen molar-refractivity contribution in [3.63, 3.8) is 0 Å². The predicted octanol–water partition coefficient (Wildman–Crippen LogP) is 3.92. The molecule has 5 heteroatoms. The van der Waals surface area contributed by atoms with Crippen molar-refractivity contribution in [2.75, 3.05) is 5.32 Å². The number of hydrogen-bond donors (Lipinski definition) is 2. The minimum atomic E-state index is -0.460. The molecule has 4 nitrogen and oxygen atoms in total. The maximum Gasteiger partial charge on any atom is 0.253 e. The van der Waals surface area contributed by atoms with Crippen molar-refractivity contribution in [2.45, 2.75) is 39.0 Å². The van der Waals surface area contributed by atoms with Gasteiger partial charge >= 0.3 is 0 Å². The SMILES string of the molecule is CC1=C(C(=O)Nc2ccccc2)C2(CCCCC2)C(C#N)C(=S)N1. The number of nitrogens with zero attached hydrogens (tertiary/aromatic N) is 1. The molecule has 124 valence electrons. The quantitative estimate of drug-likeness (QED) is 0.802. The van der Waals surface area contributed by atoms with Gasteiger partial charge in [0.1, 0.15) is 5.92 Å². The zero-order valence-electron chi connectivity index (χ0n) is 13.8. The highest BCUT2D eigenvalue weighted by Crippen LogP contribution is 2.51. The fourth-order valence-electron chi connectivity index (χ4n) is 4.10. The third-order valence-corrected chi connectivity index (χ3v) is 5.47. The van der Waals surface area contributed by atoms with Gasteiger partial charge in [0.25, 0.3) is 5.91 Å². The van der Waals surface area contributed by atoms with E-state index in [9.17, 15) is 10.1 Å². The molecular formula is C19H21N3OS. The molecule has 1 heterocycles. The molecule has 2 aliphatic rings. The number of rotatable bonds is 2. The summed E-state index contributed by atoms with van der Waals surface area (Å²) >= 11 is 5.43. The van der Waals surface area contributed by atoms with Gasteiger partial charge in [-0.2, -0.15) is 5.26 Å². The maximum absolute atomic E-state index is 13.1. The number of carbonyl (C=O) groups is 1. The number of nitriles is 1. The van der Waals surface area contributed by atoms with Gasteiger partial charge in [0.05, 0.1) is 11.1 Å². The van der Waals surface area contributed by atoms with E-state index in [0.717, 1.165) is 43.5 Å². The predicted molar refractivity (Wildman–Crippen MR) is 98.1 cm³/mol. The lowest BCUT2D eigenvalue weighted by atomic mass is 9.60. The number of anilines is 1. The van der Waals surface area contributed by atoms with Gasteiger partial charge in [0.2, 0.25) is 0 Å². The van der Waals surface area contributed by atoms with Crippen LogP contribution in [0.25, 0.3) is 0 Å². The molecular weight excluding hydrogens is 318 g/mol. The molecule has 1 fully saturated rings. The highest BCUT2D eigenvalue weighted by Gasteiger charge is 2.50. The van der Waals surface area contributed by atoms with E-state index in [2.05, 4.69) is 16.7 Å². The maximum atomic E-state index is 13.1. The molecule has 1 spiro atoms. The van der Waals surface area contributed by atoms with E-state index in [0.29, 0.717) is 10.6 Å². The highest BCUT2D eigenvalue weighted by molar-refractivity contribution is 7.80. The van der Waals surface area contributed by atoms with E-state index in [4.69, 9.17) is 12.2 Å². The number of allylic oxidation sites excluding steroid dienone is 1. The Balaban J connectivity index is 2.01. The summed E-state index contributed by atoms with van der Waals surface area (Å²) in [5.74, 6) is -0.566. The first-order valence-electron chi connectivity index (χ1n) is 8.37. The summed E-state index contributed by atoms with van der Waals surface area (Å²) in [6, 6.07) is 11.8. The Morgan fingerprint density at radius 1 is 1.29 bits per heavy atom. The second-order valence-electron chi connectivity index (χ2n) is 6.59. The van der Waals surface area contributed by atoms with Gasteiger partial charge in [-0.25, -0.2) is 0 Å². The molecule has 1 aliphatic heterocycles. The lowest BCUT2D eigenvalue weighted by Gasteiger charge is -2.46. The highest BCUT2D eigenvalue weighted by atomic mass is 32.1. The van der Waals surface area contributed by atoms with E-state index in [1.165, 1.54) is 0 Å². The van der Waals surface area contributed by atoms with Crippen LogP contribution in [0.2, 0.25) is 0 Å². The normalized spacial score (nSPS) is 22.7. The number of carbonyl (C=O) groups excluding carboxylic acids is 1. The second kappa shape index (κ2) is 6.74. The number of benzene rings is 1. The van der Waals surface area contributed by atoms with Crippen LogP contribution in [0, 0.1) is 22.7 Å². The van der Waals surface area contributed by atoms with E-state index < -0.39 is 11.3 Å². The van der Waals surface area contributed by atoms with Crippen molar-refractivity contribution in [3.05, 3.63) is 41.6 Å². The van der Waals surface area contributed by atoms with Crippen LogP contribution in [0.3, 0.4) is 0 Å². The van der Waals surface area contributed by atoms with Crippen LogP contribution < -0.4 is 10.6 Å². The molecule has 1 amide bonds. The average molecular weight is 339 g/mol. The summed E-state index contributed by atoms with van der Waals surface area (Å²) in [6.07, 6.45) is 4.86. The van der Waals surface area contributed by atoms with Crippen LogP contribution in [0.5, 0.6) is 0 Å². The number of para-hydroxylation sites is 1. The van der Waals surface area contributed by atoms with Gasteiger partial charge in [-0.3, -0.25) is 4.79 Å². The number of hydrogen-bond acceptors (Lipinski definition) is 3. The molecule has 0 aromatic heterocycles. The summed E-state index contributed by atoms with van der Waals surface area (Å²) in [7, 11) is 0. The molecule has 0 saturated heterocycles. The van der Waals surface area contributed by atoms with Crippen LogP contribution in [-0.4, -0.2) is 10.9 Å². The minimum absolute atomic E-state index is 0.129. The summed E-state index contributed by atoms with van der Waals surface area (Å²) in [6.45, 7) is 1.89. The lowest BCUT2D eigenvalue weighted by Crippen LogP contribution is -2.50. The molecule has 1 unspecified atom stereocenters. The minimum Gasteiger partial charge on any atom is -0.352 e. The summed E-state index contributed by atoms with van der Waals surface area (Å²) < 4.78 is 0. The monoisotopic (exact) mass is 339 g/mol. The third kappa shape index (κ3) is 2.83. The Morgan fingerprint density at radius 3 is 2.58 bits per heavy atom. The molecule has 1 aliphatic carbocycles. The van der Waals surface area contributed by atoms with E-state index in [-0.39, 0.29) is 5.91 Å². The summed E-state index contributed by atoms with van der Waals surface area (Å²) in [5, 5.41) is 15.8. The lowest BCUT2D eigenvalue weighted by molar-refractivity contribution is -0.114. The van der Waals surface area contributed by atoms with Crippen LogP contribution in [-0.2, 0) is 4.79 Å². The Kier molecular flexibility index (Phi) is 4.68. The number of nitrogens with one attached hydrogen (secondary N) is 2. The molecule has 24 heavy (non-hydrogen) atoms. The van der Waals surface area contributed by atoms with E-state index >= 15 is 0 Å². The van der Waals surface area contributed by atoms with Crippen molar-refractivity contribution in [1.82, 2.24) is 5.32 Å². The molecule has 1 atom stereocenters. The fraction of sp³-hybridized carbons (Fsp3) is 0.421. The summed E-state index contributed by atoms with van der Waals surface area (Å²) in [4.78, 5) is 13.6. The van der Waals surface area contributed by atoms with Crippen molar-refractivity contribution in [3.8, 4) is 6.07 Å². The first-order valence-corrected chi connectivity index (χ1v) is 8.77. The molecule has 1 aromatic carbocycles. The molecule has 2 N–H and O–H groups in total. The topological polar surface area (TPSA) is 64.9 Å². The van der Waals surface area contributed by atoms with Crippen LogP contribution in [0.1, 0.15) is 39.0 Å². The standard InChI is InChI=1S/C19H21N3OS/c1-13-16(17(23)22-14-8-4-2-5-9-14)19(10-6-3-7-11-19)15(12-20)18(24)21-13/h2,4-5,8-9,15H,3,6-7,10-11H2,1H3,(H,21,24)(H,22,23). The molecule has 0 bridgehead atoms. The first kappa shape index (κ1) is 16.7. The van der Waals surface area contributed by atoms with Crippen molar-refractivity contribution in [1.29, 1.82) is 5.26 Å². The number of amides is 1. The molecule has 1 saturated carbocycles. The van der Waals surface area contributed by atoms with Gasteiger partial charge in [0.15, 0.2) is 0 Å². The largest absolute Gasteiger partial charge is 0.352 e. The van der Waals surface area contributed by atoms with Crippen molar-refractivity contribution in [2.24, 2.45) is 11.3 Å². The van der Waals surface area contributed by atoms with Crippen LogP contribution >= 0.6 is 12.2 Å². The zero-order chi connectivity index (χ0) is 17.2. The Morgan fingerprint density at radius 2 is 1.96 bits per heavy atom. The van der Waals surface area contributed by atoms with Gasteiger partial charge in [-0.05, 0) is 31.9 Å². The Hall–Kier alpha value is -2.19.